The Morgan fingerprint density at radius 3 is 2.65 bits per heavy atom. The molecule has 1 aromatic rings. The van der Waals surface area contributed by atoms with Crippen molar-refractivity contribution >= 4 is 18.1 Å². The van der Waals surface area contributed by atoms with Crippen LogP contribution in [0.5, 0.6) is 5.75 Å². The van der Waals surface area contributed by atoms with Crippen LogP contribution in [-0.4, -0.2) is 51.6 Å². The Balaban J connectivity index is 2.03. The van der Waals surface area contributed by atoms with E-state index < -0.39 is 5.92 Å². The van der Waals surface area contributed by atoms with E-state index in [9.17, 15) is 9.59 Å². The molecule has 1 N–H and O–H groups in total. The largest absolute Gasteiger partial charge is 0.485 e. The molecule has 1 heterocycles. The molecule has 1 aromatic carbocycles. The van der Waals surface area contributed by atoms with E-state index in [1.54, 1.807) is 0 Å². The SMILES string of the molecule is CN(C)C1=CC2Oc3cc(N(C)C)ccc3C(C(=O)NOC=O)C2C=C1. The van der Waals surface area contributed by atoms with Crippen LogP contribution in [0.25, 0.3) is 0 Å². The molecule has 7 heteroatoms. The highest BCUT2D eigenvalue weighted by molar-refractivity contribution is 5.85. The number of anilines is 1. The third kappa shape index (κ3) is 3.24. The first-order valence-electron chi connectivity index (χ1n) is 8.36. The van der Waals surface area contributed by atoms with Crippen LogP contribution in [0, 0.1) is 5.92 Å². The van der Waals surface area contributed by atoms with Gasteiger partial charge in [-0.2, -0.15) is 5.48 Å². The summed E-state index contributed by atoms with van der Waals surface area (Å²) in [5, 5.41) is 0. The fourth-order valence-electron chi connectivity index (χ4n) is 3.34. The number of carbonyl (C=O) groups excluding carboxylic acids is 2. The number of hydroxylamine groups is 1. The van der Waals surface area contributed by atoms with E-state index in [-0.39, 0.29) is 24.4 Å². The summed E-state index contributed by atoms with van der Waals surface area (Å²) >= 11 is 0. The molecule has 3 atom stereocenters. The van der Waals surface area contributed by atoms with Gasteiger partial charge in [0.25, 0.3) is 5.91 Å². The lowest BCUT2D eigenvalue weighted by Gasteiger charge is -2.38. The Bertz CT molecular complexity index is 770. The van der Waals surface area contributed by atoms with Crippen molar-refractivity contribution < 1.29 is 19.2 Å². The van der Waals surface area contributed by atoms with Gasteiger partial charge in [-0.3, -0.25) is 9.59 Å². The summed E-state index contributed by atoms with van der Waals surface area (Å²) < 4.78 is 6.22. The minimum Gasteiger partial charge on any atom is -0.485 e. The highest BCUT2D eigenvalue weighted by atomic mass is 16.7. The standard InChI is InChI=1S/C19H23N3O4/c1-21(2)12-5-7-14-16(9-12)26-17-10-13(22(3)4)6-8-15(17)18(14)19(24)20-25-11-23/h5-11,14,16,18H,1-4H3,(H,20,24). The van der Waals surface area contributed by atoms with Gasteiger partial charge in [0.2, 0.25) is 0 Å². The number of allylic oxidation sites excluding steroid dienone is 1. The zero-order chi connectivity index (χ0) is 18.8. The monoisotopic (exact) mass is 357 g/mol. The molecule has 0 bridgehead atoms. The predicted octanol–water partition coefficient (Wildman–Crippen LogP) is 1.43. The van der Waals surface area contributed by atoms with Gasteiger partial charge in [-0.25, -0.2) is 0 Å². The molecule has 1 aliphatic heterocycles. The minimum absolute atomic E-state index is 0.188. The van der Waals surface area contributed by atoms with Gasteiger partial charge >= 0.3 is 6.47 Å². The van der Waals surface area contributed by atoms with Crippen LogP contribution in [0.4, 0.5) is 5.69 Å². The van der Waals surface area contributed by atoms with Crippen LogP contribution < -0.4 is 15.1 Å². The van der Waals surface area contributed by atoms with Gasteiger partial charge in [0, 0.05) is 57.1 Å². The molecular formula is C19H23N3O4. The van der Waals surface area contributed by atoms with Crippen LogP contribution in [0.3, 0.4) is 0 Å². The van der Waals surface area contributed by atoms with Crippen molar-refractivity contribution in [1.82, 2.24) is 10.4 Å². The molecule has 138 valence electrons. The van der Waals surface area contributed by atoms with Crippen LogP contribution >= 0.6 is 0 Å². The normalized spacial score (nSPS) is 22.9. The average molecular weight is 357 g/mol. The fraction of sp³-hybridized carbons (Fsp3) is 0.368. The Morgan fingerprint density at radius 1 is 1.23 bits per heavy atom. The Labute approximate surface area is 152 Å². The summed E-state index contributed by atoms with van der Waals surface area (Å²) in [6, 6.07) is 5.76. The summed E-state index contributed by atoms with van der Waals surface area (Å²) in [4.78, 5) is 31.6. The third-order valence-electron chi connectivity index (χ3n) is 4.71. The van der Waals surface area contributed by atoms with Gasteiger partial charge in [-0.1, -0.05) is 12.1 Å². The summed E-state index contributed by atoms with van der Waals surface area (Å²) in [6.45, 7) is 0.200. The molecule has 0 saturated carbocycles. The topological polar surface area (TPSA) is 71.1 Å². The first-order valence-corrected chi connectivity index (χ1v) is 8.36. The number of nitrogens with one attached hydrogen (secondary N) is 1. The molecule has 7 nitrogen and oxygen atoms in total. The second-order valence-electron chi connectivity index (χ2n) is 6.78. The molecule has 1 amide bonds. The molecule has 3 unspecified atom stereocenters. The number of amides is 1. The van der Waals surface area contributed by atoms with E-state index in [2.05, 4.69) is 10.3 Å². The van der Waals surface area contributed by atoms with E-state index in [0.29, 0.717) is 5.75 Å². The Morgan fingerprint density at radius 2 is 2.00 bits per heavy atom. The van der Waals surface area contributed by atoms with Gasteiger partial charge in [-0.05, 0) is 18.2 Å². The molecule has 3 rings (SSSR count). The smallest absolute Gasteiger partial charge is 0.320 e. The first kappa shape index (κ1) is 17.8. The average Bonchev–Trinajstić information content (AvgIpc) is 2.62. The minimum atomic E-state index is -0.517. The summed E-state index contributed by atoms with van der Waals surface area (Å²) in [5.41, 5.74) is 4.98. The van der Waals surface area contributed by atoms with Gasteiger partial charge in [0.1, 0.15) is 11.9 Å². The van der Waals surface area contributed by atoms with Crippen LogP contribution in [0.1, 0.15) is 11.5 Å². The van der Waals surface area contributed by atoms with Crippen molar-refractivity contribution in [1.29, 1.82) is 0 Å². The van der Waals surface area contributed by atoms with Crippen molar-refractivity contribution in [3.63, 3.8) is 0 Å². The predicted molar refractivity (Wildman–Crippen MR) is 97.6 cm³/mol. The summed E-state index contributed by atoms with van der Waals surface area (Å²) in [7, 11) is 7.81. The summed E-state index contributed by atoms with van der Waals surface area (Å²) in [6.07, 6.45) is 5.68. The molecule has 2 aliphatic rings. The molecule has 0 radical (unpaired) electrons. The highest BCUT2D eigenvalue weighted by Gasteiger charge is 2.42. The van der Waals surface area contributed by atoms with E-state index in [1.807, 2.05) is 74.4 Å². The van der Waals surface area contributed by atoms with Crippen molar-refractivity contribution in [2.45, 2.75) is 12.0 Å². The van der Waals surface area contributed by atoms with Crippen molar-refractivity contribution in [3.8, 4) is 5.75 Å². The lowest BCUT2D eigenvalue weighted by molar-refractivity contribution is -0.148. The second kappa shape index (κ2) is 7.11. The number of rotatable bonds is 5. The van der Waals surface area contributed by atoms with Crippen molar-refractivity contribution in [2.75, 3.05) is 33.1 Å². The molecule has 26 heavy (non-hydrogen) atoms. The number of carbonyl (C=O) groups is 2. The van der Waals surface area contributed by atoms with Crippen LogP contribution in [-0.2, 0) is 14.4 Å². The van der Waals surface area contributed by atoms with E-state index in [1.165, 1.54) is 0 Å². The van der Waals surface area contributed by atoms with E-state index >= 15 is 0 Å². The lowest BCUT2D eigenvalue weighted by Crippen LogP contribution is -2.43. The Kier molecular flexibility index (Phi) is 4.88. The molecule has 0 fully saturated rings. The van der Waals surface area contributed by atoms with Crippen LogP contribution in [0.2, 0.25) is 0 Å². The van der Waals surface area contributed by atoms with Gasteiger partial charge in [-0.15, -0.1) is 0 Å². The van der Waals surface area contributed by atoms with E-state index in [4.69, 9.17) is 4.74 Å². The number of hydrogen-bond acceptors (Lipinski definition) is 6. The van der Waals surface area contributed by atoms with Crippen LogP contribution in [0.15, 0.2) is 42.1 Å². The number of fused-ring (bicyclic) bond motifs is 2. The molecule has 0 saturated heterocycles. The van der Waals surface area contributed by atoms with Gasteiger partial charge in [0.05, 0.1) is 5.92 Å². The number of ether oxygens (including phenoxy) is 1. The number of hydrogen-bond donors (Lipinski definition) is 1. The second-order valence-corrected chi connectivity index (χ2v) is 6.78. The number of nitrogens with zero attached hydrogens (tertiary/aromatic N) is 2. The fourth-order valence-corrected chi connectivity index (χ4v) is 3.34. The molecular weight excluding hydrogens is 334 g/mol. The first-order chi connectivity index (χ1) is 12.4. The van der Waals surface area contributed by atoms with Gasteiger partial charge < -0.3 is 19.4 Å². The Hall–Kier alpha value is -2.96. The number of likely N-dealkylation sites (N-methyl/N-ethyl adjacent to an activating group) is 1. The maximum absolute atomic E-state index is 12.7. The number of benzene rings is 1. The highest BCUT2D eigenvalue weighted by Crippen LogP contribution is 2.44. The quantitative estimate of drug-likeness (QED) is 0.635. The van der Waals surface area contributed by atoms with E-state index in [0.717, 1.165) is 16.9 Å². The lowest BCUT2D eigenvalue weighted by atomic mass is 9.77. The van der Waals surface area contributed by atoms with Gasteiger partial charge in [0.15, 0.2) is 0 Å². The molecule has 1 aliphatic carbocycles. The van der Waals surface area contributed by atoms with Crippen molar-refractivity contribution in [3.05, 3.63) is 47.7 Å². The van der Waals surface area contributed by atoms with Crippen molar-refractivity contribution in [2.24, 2.45) is 5.92 Å². The maximum atomic E-state index is 12.7. The summed E-state index contributed by atoms with van der Waals surface area (Å²) in [5.74, 6) is -0.420. The zero-order valence-corrected chi connectivity index (χ0v) is 15.3. The third-order valence-corrected chi connectivity index (χ3v) is 4.71. The zero-order valence-electron chi connectivity index (χ0n) is 15.3. The molecule has 0 aromatic heterocycles. The maximum Gasteiger partial charge on any atom is 0.320 e. The molecule has 0 spiro atoms.